The van der Waals surface area contributed by atoms with E-state index in [0.717, 1.165) is 29.6 Å². The van der Waals surface area contributed by atoms with Gasteiger partial charge in [0.2, 0.25) is 15.9 Å². The molecule has 1 aliphatic rings. The highest BCUT2D eigenvalue weighted by molar-refractivity contribution is 7.88. The monoisotopic (exact) mass is 363 g/mol. The molecule has 3 rings (SSSR count). The Morgan fingerprint density at radius 2 is 2.12 bits per heavy atom. The van der Waals surface area contributed by atoms with Gasteiger partial charge in [-0.05, 0) is 49.9 Å². The topological polar surface area (TPSA) is 82.3 Å². The highest BCUT2D eigenvalue weighted by Gasteiger charge is 2.29. The quantitative estimate of drug-likeness (QED) is 0.872. The van der Waals surface area contributed by atoms with E-state index in [1.807, 2.05) is 19.1 Å². The summed E-state index contributed by atoms with van der Waals surface area (Å²) in [5, 5.41) is 4.13. The molecule has 2 N–H and O–H groups in total. The van der Waals surface area contributed by atoms with Crippen molar-refractivity contribution in [2.75, 3.05) is 19.3 Å². The number of piperidine rings is 1. The standard InChI is InChI=1S/C18H25N3O3S/c1-12-13(2)20-17-7-6-14(9-16(12)17)10-19-18(22)15-5-4-8-21(11-15)25(3,23)24/h6-7,9,15,20H,4-5,8,10-11H2,1-3H3,(H,19,22)/t15-/m1/s1. The number of hydrogen-bond donors (Lipinski definition) is 2. The van der Waals surface area contributed by atoms with Crippen LogP contribution in [-0.4, -0.2) is 43.0 Å². The van der Waals surface area contributed by atoms with Gasteiger partial charge >= 0.3 is 0 Å². The van der Waals surface area contributed by atoms with Crippen molar-refractivity contribution in [3.8, 4) is 0 Å². The number of nitrogens with one attached hydrogen (secondary N) is 2. The summed E-state index contributed by atoms with van der Waals surface area (Å²) in [6.45, 7) is 5.37. The van der Waals surface area contributed by atoms with Crippen LogP contribution < -0.4 is 5.32 Å². The molecule has 1 saturated heterocycles. The average molecular weight is 363 g/mol. The number of carbonyl (C=O) groups excluding carboxylic acids is 1. The minimum atomic E-state index is -3.24. The Hall–Kier alpha value is -1.86. The summed E-state index contributed by atoms with van der Waals surface area (Å²) in [5.41, 5.74) is 4.51. The van der Waals surface area contributed by atoms with Gasteiger partial charge in [-0.25, -0.2) is 12.7 Å². The lowest BCUT2D eigenvalue weighted by Gasteiger charge is -2.30. The molecule has 0 radical (unpaired) electrons. The zero-order valence-corrected chi connectivity index (χ0v) is 15.7. The lowest BCUT2D eigenvalue weighted by Crippen LogP contribution is -2.44. The minimum Gasteiger partial charge on any atom is -0.358 e. The molecule has 0 aliphatic carbocycles. The van der Waals surface area contributed by atoms with Crippen molar-refractivity contribution in [3.05, 3.63) is 35.0 Å². The van der Waals surface area contributed by atoms with Gasteiger partial charge < -0.3 is 10.3 Å². The third kappa shape index (κ3) is 3.88. The summed E-state index contributed by atoms with van der Waals surface area (Å²) in [6, 6.07) is 6.13. The van der Waals surface area contributed by atoms with Crippen molar-refractivity contribution in [2.45, 2.75) is 33.2 Å². The van der Waals surface area contributed by atoms with Gasteiger partial charge in [0.05, 0.1) is 12.2 Å². The van der Waals surface area contributed by atoms with Crippen LogP contribution in [0.5, 0.6) is 0 Å². The van der Waals surface area contributed by atoms with E-state index in [0.29, 0.717) is 13.1 Å². The molecule has 1 amide bonds. The highest BCUT2D eigenvalue weighted by Crippen LogP contribution is 2.23. The summed E-state index contributed by atoms with van der Waals surface area (Å²) in [6.07, 6.45) is 2.65. The molecule has 25 heavy (non-hydrogen) atoms. The Balaban J connectivity index is 1.65. The normalized spacial score (nSPS) is 19.2. The maximum atomic E-state index is 12.4. The van der Waals surface area contributed by atoms with Crippen LogP contribution >= 0.6 is 0 Å². The largest absolute Gasteiger partial charge is 0.358 e. The van der Waals surface area contributed by atoms with Crippen LogP contribution in [0.2, 0.25) is 0 Å². The highest BCUT2D eigenvalue weighted by atomic mass is 32.2. The number of H-pyrrole nitrogens is 1. The summed E-state index contributed by atoms with van der Waals surface area (Å²) >= 11 is 0. The number of sulfonamides is 1. The van der Waals surface area contributed by atoms with Crippen LogP contribution in [-0.2, 0) is 21.4 Å². The zero-order chi connectivity index (χ0) is 18.2. The molecule has 1 aromatic carbocycles. The molecule has 0 spiro atoms. The van der Waals surface area contributed by atoms with Gasteiger partial charge in [0.25, 0.3) is 0 Å². The van der Waals surface area contributed by atoms with Crippen LogP contribution in [0.4, 0.5) is 0 Å². The third-order valence-corrected chi connectivity index (χ3v) is 6.33. The second-order valence-electron chi connectivity index (χ2n) is 6.93. The molecule has 1 fully saturated rings. The Labute approximate surface area is 148 Å². The van der Waals surface area contributed by atoms with E-state index in [9.17, 15) is 13.2 Å². The molecule has 0 bridgehead atoms. The lowest BCUT2D eigenvalue weighted by molar-refractivity contribution is -0.126. The molecule has 0 unspecified atom stereocenters. The number of aromatic amines is 1. The molecule has 6 nitrogen and oxygen atoms in total. The van der Waals surface area contributed by atoms with E-state index in [2.05, 4.69) is 23.3 Å². The zero-order valence-electron chi connectivity index (χ0n) is 14.9. The molecule has 1 aliphatic heterocycles. The Morgan fingerprint density at radius 1 is 1.36 bits per heavy atom. The van der Waals surface area contributed by atoms with Crippen molar-refractivity contribution in [1.82, 2.24) is 14.6 Å². The number of nitrogens with zero attached hydrogens (tertiary/aromatic N) is 1. The molecule has 1 aromatic heterocycles. The third-order valence-electron chi connectivity index (χ3n) is 5.06. The van der Waals surface area contributed by atoms with Crippen LogP contribution in [0.25, 0.3) is 10.9 Å². The number of benzene rings is 1. The van der Waals surface area contributed by atoms with E-state index in [-0.39, 0.29) is 18.4 Å². The first kappa shape index (κ1) is 17.9. The number of aromatic nitrogens is 1. The maximum absolute atomic E-state index is 12.4. The van der Waals surface area contributed by atoms with Gasteiger partial charge in [-0.3, -0.25) is 4.79 Å². The lowest BCUT2D eigenvalue weighted by atomic mass is 9.98. The van der Waals surface area contributed by atoms with Crippen molar-refractivity contribution in [2.24, 2.45) is 5.92 Å². The number of carbonyl (C=O) groups is 1. The van der Waals surface area contributed by atoms with E-state index in [4.69, 9.17) is 0 Å². The van der Waals surface area contributed by atoms with E-state index >= 15 is 0 Å². The fourth-order valence-corrected chi connectivity index (χ4v) is 4.32. The van der Waals surface area contributed by atoms with E-state index in [1.54, 1.807) is 0 Å². The van der Waals surface area contributed by atoms with Crippen molar-refractivity contribution in [3.63, 3.8) is 0 Å². The molecule has 7 heteroatoms. The van der Waals surface area contributed by atoms with Gasteiger partial charge in [-0.2, -0.15) is 0 Å². The second-order valence-corrected chi connectivity index (χ2v) is 8.92. The minimum absolute atomic E-state index is 0.0737. The number of aryl methyl sites for hydroxylation is 2. The van der Waals surface area contributed by atoms with Crippen LogP contribution in [0.3, 0.4) is 0 Å². The summed E-state index contributed by atoms with van der Waals surface area (Å²) in [5.74, 6) is -0.348. The van der Waals surface area contributed by atoms with Crippen molar-refractivity contribution in [1.29, 1.82) is 0 Å². The summed E-state index contributed by atoms with van der Waals surface area (Å²) in [4.78, 5) is 15.8. The predicted molar refractivity (Wildman–Crippen MR) is 98.8 cm³/mol. The second kappa shape index (κ2) is 6.80. The first-order chi connectivity index (χ1) is 11.8. The number of hydrogen-bond acceptors (Lipinski definition) is 3. The molecule has 0 saturated carbocycles. The van der Waals surface area contributed by atoms with Crippen LogP contribution in [0.1, 0.15) is 29.7 Å². The smallest absolute Gasteiger partial charge is 0.224 e. The van der Waals surface area contributed by atoms with Gasteiger partial charge in [-0.1, -0.05) is 6.07 Å². The first-order valence-electron chi connectivity index (χ1n) is 8.56. The van der Waals surface area contributed by atoms with E-state index < -0.39 is 10.0 Å². The molecular weight excluding hydrogens is 338 g/mol. The first-order valence-corrected chi connectivity index (χ1v) is 10.4. The van der Waals surface area contributed by atoms with Crippen molar-refractivity contribution < 1.29 is 13.2 Å². The maximum Gasteiger partial charge on any atom is 0.224 e. The molecule has 2 aromatic rings. The number of rotatable bonds is 4. The SMILES string of the molecule is Cc1[nH]c2ccc(CNC(=O)[C@@H]3CCCN(S(C)(=O)=O)C3)cc2c1C. The Morgan fingerprint density at radius 3 is 2.84 bits per heavy atom. The van der Waals surface area contributed by atoms with Gasteiger partial charge in [0.1, 0.15) is 0 Å². The van der Waals surface area contributed by atoms with Gasteiger partial charge in [-0.15, -0.1) is 0 Å². The van der Waals surface area contributed by atoms with Gasteiger partial charge in [0.15, 0.2) is 0 Å². The molecule has 2 heterocycles. The van der Waals surface area contributed by atoms with Crippen LogP contribution in [0.15, 0.2) is 18.2 Å². The number of amides is 1. The summed E-state index contributed by atoms with van der Waals surface area (Å²) in [7, 11) is -3.24. The fraction of sp³-hybridized carbons (Fsp3) is 0.500. The Kier molecular flexibility index (Phi) is 4.88. The number of fused-ring (bicyclic) bond motifs is 1. The molecule has 1 atom stereocenters. The fourth-order valence-electron chi connectivity index (χ4n) is 3.41. The van der Waals surface area contributed by atoms with Crippen LogP contribution in [0, 0.1) is 19.8 Å². The predicted octanol–water partition coefficient (Wildman–Crippen LogP) is 2.07. The molecular formula is C18H25N3O3S. The van der Waals surface area contributed by atoms with E-state index in [1.165, 1.54) is 21.5 Å². The van der Waals surface area contributed by atoms with Gasteiger partial charge in [0, 0.05) is 36.2 Å². The molecule has 136 valence electrons. The van der Waals surface area contributed by atoms with Crippen molar-refractivity contribution >= 4 is 26.8 Å². The Bertz CT molecular complexity index is 902. The summed E-state index contributed by atoms with van der Waals surface area (Å²) < 4.78 is 24.8. The average Bonchev–Trinajstić information content (AvgIpc) is 2.86.